The molecule has 6 heteroatoms. The molecule has 0 spiro atoms. The van der Waals surface area contributed by atoms with Crippen LogP contribution in [-0.2, 0) is 21.4 Å². The normalized spacial score (nSPS) is 12.3. The summed E-state index contributed by atoms with van der Waals surface area (Å²) in [5.41, 5.74) is 3.32. The van der Waals surface area contributed by atoms with Gasteiger partial charge in [-0.15, -0.1) is 0 Å². The first-order valence-electron chi connectivity index (χ1n) is 9.04. The lowest BCUT2D eigenvalue weighted by Crippen LogP contribution is -2.29. The van der Waals surface area contributed by atoms with Gasteiger partial charge >= 0.3 is 5.97 Å². The molecule has 1 amide bonds. The molecule has 0 saturated heterocycles. The first kappa shape index (κ1) is 19.4. The van der Waals surface area contributed by atoms with Crippen LogP contribution in [0.25, 0.3) is 16.8 Å². The topological polar surface area (TPSA) is 73.2 Å². The molecule has 1 heterocycles. The van der Waals surface area contributed by atoms with Gasteiger partial charge in [-0.05, 0) is 38.3 Å². The number of aromatic nitrogens is 2. The molecule has 2 aromatic carbocycles. The number of carbonyl (C=O) groups excluding carboxylic acids is 2. The molecule has 6 nitrogen and oxygen atoms in total. The van der Waals surface area contributed by atoms with E-state index < -0.39 is 12.1 Å². The number of nitrogens with one attached hydrogen (secondary N) is 1. The third-order valence-electron chi connectivity index (χ3n) is 4.66. The fraction of sp³-hybridized carbons (Fsp3) is 0.227. The summed E-state index contributed by atoms with van der Waals surface area (Å²) < 4.78 is 6.99. The summed E-state index contributed by atoms with van der Waals surface area (Å²) in [5, 5.41) is 9.08. The minimum absolute atomic E-state index is 0.383. The van der Waals surface area contributed by atoms with Crippen molar-refractivity contribution in [2.75, 3.05) is 5.32 Å². The molecule has 1 aromatic heterocycles. The van der Waals surface area contributed by atoms with Gasteiger partial charge in [0.2, 0.25) is 0 Å². The van der Waals surface area contributed by atoms with Crippen molar-refractivity contribution in [1.29, 1.82) is 0 Å². The molecule has 0 radical (unpaired) electrons. The summed E-state index contributed by atoms with van der Waals surface area (Å²) in [7, 11) is 1.84. The smallest absolute Gasteiger partial charge is 0.331 e. The highest BCUT2D eigenvalue weighted by Crippen LogP contribution is 2.23. The Morgan fingerprint density at radius 1 is 1.14 bits per heavy atom. The van der Waals surface area contributed by atoms with E-state index in [1.54, 1.807) is 17.7 Å². The zero-order chi connectivity index (χ0) is 20.3. The molecule has 144 valence electrons. The molecule has 3 rings (SSSR count). The fourth-order valence-electron chi connectivity index (χ4n) is 3.02. The lowest BCUT2D eigenvalue weighted by atomic mass is 10.1. The molecule has 3 aromatic rings. The lowest BCUT2D eigenvalue weighted by Gasteiger charge is -2.14. The Bertz CT molecular complexity index is 1060. The van der Waals surface area contributed by atoms with Crippen LogP contribution in [0.15, 0.2) is 48.5 Å². The number of carbonyl (C=O) groups is 2. The number of ether oxygens (including phenoxy) is 1. The van der Waals surface area contributed by atoms with Gasteiger partial charge in [0.1, 0.15) is 0 Å². The second-order valence-electron chi connectivity index (χ2n) is 6.64. The van der Waals surface area contributed by atoms with Gasteiger partial charge in [0.05, 0.1) is 5.69 Å². The summed E-state index contributed by atoms with van der Waals surface area (Å²) in [6, 6.07) is 13.4. The first-order chi connectivity index (χ1) is 13.4. The molecule has 28 heavy (non-hydrogen) atoms. The average Bonchev–Trinajstić information content (AvgIpc) is 2.92. The fourth-order valence-corrected chi connectivity index (χ4v) is 3.02. The van der Waals surface area contributed by atoms with E-state index in [-0.39, 0.29) is 5.91 Å². The van der Waals surface area contributed by atoms with Crippen molar-refractivity contribution >= 4 is 34.4 Å². The van der Waals surface area contributed by atoms with E-state index in [0.29, 0.717) is 5.69 Å². The predicted octanol–water partition coefficient (Wildman–Crippen LogP) is 3.77. The van der Waals surface area contributed by atoms with Crippen LogP contribution in [0.1, 0.15) is 23.9 Å². The summed E-state index contributed by atoms with van der Waals surface area (Å²) in [4.78, 5) is 24.6. The van der Waals surface area contributed by atoms with Crippen LogP contribution in [0, 0.1) is 13.8 Å². The lowest BCUT2D eigenvalue weighted by molar-refractivity contribution is -0.148. The summed E-state index contributed by atoms with van der Waals surface area (Å²) in [5.74, 6) is -0.963. The predicted molar refractivity (Wildman–Crippen MR) is 110 cm³/mol. The maximum absolute atomic E-state index is 12.5. The highest BCUT2D eigenvalue weighted by Gasteiger charge is 2.17. The van der Waals surface area contributed by atoms with E-state index in [1.165, 1.54) is 6.08 Å². The standard InChI is InChI=1S/C22H23N3O3/c1-14-18(15(2)25(4)24-14)12-13-21(26)28-16(3)22(27)23-20-11-7-9-17-8-5-6-10-19(17)20/h5-13,16H,1-4H3,(H,23,27)/b13-12+/t16-/m1/s1. The number of nitrogens with zero attached hydrogens (tertiary/aromatic N) is 2. The molecular formula is C22H23N3O3. The molecule has 0 fully saturated rings. The number of aryl methyl sites for hydroxylation is 2. The van der Waals surface area contributed by atoms with Crippen LogP contribution in [0.4, 0.5) is 5.69 Å². The molecule has 0 aliphatic rings. The molecular weight excluding hydrogens is 354 g/mol. The Hall–Kier alpha value is -3.41. The van der Waals surface area contributed by atoms with E-state index in [0.717, 1.165) is 27.7 Å². The number of anilines is 1. The summed E-state index contributed by atoms with van der Waals surface area (Å²) in [6.07, 6.45) is 2.06. The molecule has 0 unspecified atom stereocenters. The van der Waals surface area contributed by atoms with Gasteiger partial charge in [0.15, 0.2) is 6.10 Å². The minimum atomic E-state index is -0.924. The number of hydrogen-bond acceptors (Lipinski definition) is 4. The van der Waals surface area contributed by atoms with Crippen LogP contribution < -0.4 is 5.32 Å². The molecule has 1 atom stereocenters. The van der Waals surface area contributed by atoms with Crippen LogP contribution in [0.5, 0.6) is 0 Å². The third-order valence-corrected chi connectivity index (χ3v) is 4.66. The van der Waals surface area contributed by atoms with Crippen molar-refractivity contribution in [3.05, 3.63) is 65.5 Å². The van der Waals surface area contributed by atoms with Gasteiger partial charge in [-0.3, -0.25) is 9.48 Å². The van der Waals surface area contributed by atoms with Gasteiger partial charge in [-0.2, -0.15) is 5.10 Å². The number of esters is 1. The van der Waals surface area contributed by atoms with Gasteiger partial charge in [-0.25, -0.2) is 4.79 Å². The zero-order valence-corrected chi connectivity index (χ0v) is 16.4. The van der Waals surface area contributed by atoms with Gasteiger partial charge in [0.25, 0.3) is 5.91 Å². The first-order valence-corrected chi connectivity index (χ1v) is 9.04. The number of rotatable bonds is 5. The number of benzene rings is 2. The second-order valence-corrected chi connectivity index (χ2v) is 6.64. The van der Waals surface area contributed by atoms with Gasteiger partial charge in [0, 0.05) is 35.5 Å². The van der Waals surface area contributed by atoms with Crippen LogP contribution in [-0.4, -0.2) is 27.8 Å². The van der Waals surface area contributed by atoms with Crippen molar-refractivity contribution in [2.45, 2.75) is 26.9 Å². The van der Waals surface area contributed by atoms with E-state index in [1.807, 2.05) is 63.4 Å². The monoisotopic (exact) mass is 377 g/mol. The van der Waals surface area contributed by atoms with Crippen molar-refractivity contribution in [3.8, 4) is 0 Å². The highest BCUT2D eigenvalue weighted by atomic mass is 16.5. The number of fused-ring (bicyclic) bond motifs is 1. The molecule has 1 N–H and O–H groups in total. The highest BCUT2D eigenvalue weighted by molar-refractivity contribution is 6.04. The van der Waals surface area contributed by atoms with E-state index in [4.69, 9.17) is 4.74 Å². The van der Waals surface area contributed by atoms with Crippen molar-refractivity contribution in [3.63, 3.8) is 0 Å². The van der Waals surface area contributed by atoms with Crippen molar-refractivity contribution < 1.29 is 14.3 Å². The summed E-state index contributed by atoms with van der Waals surface area (Å²) in [6.45, 7) is 5.34. The zero-order valence-electron chi connectivity index (χ0n) is 16.4. The molecule has 0 aliphatic carbocycles. The van der Waals surface area contributed by atoms with E-state index >= 15 is 0 Å². The Kier molecular flexibility index (Phi) is 5.59. The van der Waals surface area contributed by atoms with Crippen molar-refractivity contribution in [1.82, 2.24) is 9.78 Å². The summed E-state index contributed by atoms with van der Waals surface area (Å²) >= 11 is 0. The van der Waals surface area contributed by atoms with Crippen LogP contribution in [0.3, 0.4) is 0 Å². The molecule has 0 saturated carbocycles. The minimum Gasteiger partial charge on any atom is -0.449 e. The van der Waals surface area contributed by atoms with Crippen LogP contribution >= 0.6 is 0 Å². The van der Waals surface area contributed by atoms with E-state index in [9.17, 15) is 9.59 Å². The third kappa shape index (κ3) is 4.11. The SMILES string of the molecule is Cc1nn(C)c(C)c1/C=C/C(=O)O[C@H](C)C(=O)Nc1cccc2ccccc12. The Morgan fingerprint density at radius 3 is 2.57 bits per heavy atom. The van der Waals surface area contributed by atoms with Crippen molar-refractivity contribution in [2.24, 2.45) is 7.05 Å². The maximum Gasteiger partial charge on any atom is 0.331 e. The average molecular weight is 377 g/mol. The molecule has 0 aliphatic heterocycles. The Labute approximate surface area is 163 Å². The second kappa shape index (κ2) is 8.08. The number of amides is 1. The van der Waals surface area contributed by atoms with E-state index in [2.05, 4.69) is 10.4 Å². The van der Waals surface area contributed by atoms with Gasteiger partial charge < -0.3 is 10.1 Å². The van der Waals surface area contributed by atoms with Crippen LogP contribution in [0.2, 0.25) is 0 Å². The maximum atomic E-state index is 12.5. The Balaban J connectivity index is 1.65. The van der Waals surface area contributed by atoms with Gasteiger partial charge in [-0.1, -0.05) is 36.4 Å². The quantitative estimate of drug-likeness (QED) is 0.543. The molecule has 0 bridgehead atoms. The number of hydrogen-bond donors (Lipinski definition) is 1. The largest absolute Gasteiger partial charge is 0.449 e. The Morgan fingerprint density at radius 2 is 1.86 bits per heavy atom.